The van der Waals surface area contributed by atoms with Crippen molar-refractivity contribution in [1.29, 1.82) is 0 Å². The molecular weight excluding hydrogens is 759 g/mol. The third-order valence-electron chi connectivity index (χ3n) is 12.9. The van der Waals surface area contributed by atoms with Gasteiger partial charge in [0.05, 0.1) is 5.69 Å². The Morgan fingerprint density at radius 2 is 0.667 bits per heavy atom. The van der Waals surface area contributed by atoms with Crippen molar-refractivity contribution in [2.45, 2.75) is 0 Å². The van der Waals surface area contributed by atoms with E-state index in [2.05, 4.69) is 259 Å². The summed E-state index contributed by atoms with van der Waals surface area (Å²) >= 11 is 0. The first-order valence-corrected chi connectivity index (χ1v) is 21.8. The van der Waals surface area contributed by atoms with Crippen molar-refractivity contribution in [3.63, 3.8) is 0 Å². The number of benzene rings is 10. The fourth-order valence-corrected chi connectivity index (χ4v) is 10.0. The molecule has 0 atom stereocenters. The maximum absolute atomic E-state index is 2.57. The molecule has 0 bridgehead atoms. The van der Waals surface area contributed by atoms with Gasteiger partial charge < -0.3 is 9.80 Å². The normalized spacial score (nSPS) is 12.3. The van der Waals surface area contributed by atoms with Crippen molar-refractivity contribution in [1.82, 2.24) is 0 Å². The molecule has 0 fully saturated rings. The molecule has 0 amide bonds. The van der Waals surface area contributed by atoms with Gasteiger partial charge in [0.1, 0.15) is 0 Å². The Bertz CT molecular complexity index is 3260. The molecule has 12 rings (SSSR count). The SMILES string of the molecule is c1ccc(-c2ccc(N3c4cccc(-c5ccccc5)c4B4c5ccc(-c6ccccc6)cc5N(c5ccccc5-c5ccccc5)c5cc(-c6ccccc6)cc3c54)cc2)cc1. The van der Waals surface area contributed by atoms with E-state index < -0.39 is 0 Å². The average molecular weight is 801 g/mol. The van der Waals surface area contributed by atoms with E-state index in [4.69, 9.17) is 0 Å². The number of para-hydroxylation sites is 1. The number of hydrogen-bond donors (Lipinski definition) is 0. The zero-order valence-corrected chi connectivity index (χ0v) is 34.6. The molecule has 0 saturated heterocycles. The second-order valence-corrected chi connectivity index (χ2v) is 16.4. The van der Waals surface area contributed by atoms with E-state index in [1.54, 1.807) is 0 Å². The molecule has 0 radical (unpaired) electrons. The minimum Gasteiger partial charge on any atom is -0.311 e. The molecule has 0 unspecified atom stereocenters. The molecule has 0 aliphatic carbocycles. The summed E-state index contributed by atoms with van der Waals surface area (Å²) in [5.41, 5.74) is 22.8. The minimum absolute atomic E-state index is 0.0639. The van der Waals surface area contributed by atoms with E-state index in [0.29, 0.717) is 0 Å². The van der Waals surface area contributed by atoms with Crippen molar-refractivity contribution < 1.29 is 0 Å². The van der Waals surface area contributed by atoms with E-state index in [-0.39, 0.29) is 6.71 Å². The van der Waals surface area contributed by atoms with Crippen molar-refractivity contribution in [3.05, 3.63) is 249 Å². The maximum Gasteiger partial charge on any atom is 0.252 e. The van der Waals surface area contributed by atoms with Gasteiger partial charge in [-0.25, -0.2) is 0 Å². The number of anilines is 6. The van der Waals surface area contributed by atoms with Gasteiger partial charge in [-0.15, -0.1) is 0 Å². The molecule has 0 saturated carbocycles. The maximum atomic E-state index is 2.57. The Morgan fingerprint density at radius 3 is 1.29 bits per heavy atom. The van der Waals surface area contributed by atoms with Gasteiger partial charge >= 0.3 is 0 Å². The molecule has 2 nitrogen and oxygen atoms in total. The summed E-state index contributed by atoms with van der Waals surface area (Å²) in [6.07, 6.45) is 0. The van der Waals surface area contributed by atoms with Crippen molar-refractivity contribution in [3.8, 4) is 55.6 Å². The Hall–Kier alpha value is -8.14. The highest BCUT2D eigenvalue weighted by Crippen LogP contribution is 2.49. The monoisotopic (exact) mass is 800 g/mol. The van der Waals surface area contributed by atoms with Gasteiger partial charge in [0.15, 0.2) is 0 Å². The van der Waals surface area contributed by atoms with Crippen LogP contribution in [-0.4, -0.2) is 6.71 Å². The zero-order valence-electron chi connectivity index (χ0n) is 34.6. The molecule has 10 aromatic rings. The number of hydrogen-bond acceptors (Lipinski definition) is 2. The number of fused-ring (bicyclic) bond motifs is 4. The molecule has 294 valence electrons. The van der Waals surface area contributed by atoms with Gasteiger partial charge in [-0.1, -0.05) is 206 Å². The fourth-order valence-electron chi connectivity index (χ4n) is 10.0. The number of rotatable bonds is 7. The van der Waals surface area contributed by atoms with E-state index in [9.17, 15) is 0 Å². The quantitative estimate of drug-likeness (QED) is 0.148. The van der Waals surface area contributed by atoms with Crippen LogP contribution in [-0.2, 0) is 0 Å². The standard InChI is InChI=1S/C60H41BN2/c1-6-19-42(20-7-1)45-33-36-50(37-34-45)62-55-32-18-30-52(47-27-14-5-15-28-47)59(55)61-53-38-35-48(43-21-8-2-9-22-43)39-56(53)63(54-31-17-16-29-51(54)46-25-12-4-13-26-46)58-41-49(40-57(62)60(58)61)44-23-10-3-11-24-44/h1-41H. The smallest absolute Gasteiger partial charge is 0.252 e. The Balaban J connectivity index is 1.20. The van der Waals surface area contributed by atoms with Crippen LogP contribution in [0.1, 0.15) is 0 Å². The average Bonchev–Trinajstić information content (AvgIpc) is 3.37. The van der Waals surface area contributed by atoms with Crippen LogP contribution in [0.5, 0.6) is 0 Å². The molecule has 0 spiro atoms. The lowest BCUT2D eigenvalue weighted by molar-refractivity contribution is 1.25. The van der Waals surface area contributed by atoms with Crippen LogP contribution >= 0.6 is 0 Å². The molecule has 2 aliphatic rings. The van der Waals surface area contributed by atoms with E-state index >= 15 is 0 Å². The molecule has 2 heterocycles. The van der Waals surface area contributed by atoms with E-state index in [0.717, 1.165) is 11.4 Å². The second kappa shape index (κ2) is 15.4. The van der Waals surface area contributed by atoms with Crippen LogP contribution in [0.25, 0.3) is 55.6 Å². The minimum atomic E-state index is -0.0639. The summed E-state index contributed by atoms with van der Waals surface area (Å²) in [7, 11) is 0. The Morgan fingerprint density at radius 1 is 0.238 bits per heavy atom. The van der Waals surface area contributed by atoms with Crippen molar-refractivity contribution in [2.24, 2.45) is 0 Å². The largest absolute Gasteiger partial charge is 0.311 e. The van der Waals surface area contributed by atoms with Gasteiger partial charge in [0.25, 0.3) is 6.71 Å². The second-order valence-electron chi connectivity index (χ2n) is 16.4. The predicted molar refractivity (Wildman–Crippen MR) is 268 cm³/mol. The highest BCUT2D eigenvalue weighted by atomic mass is 15.2. The molecule has 0 aromatic heterocycles. The summed E-state index contributed by atoms with van der Waals surface area (Å²) in [5, 5.41) is 0. The molecule has 63 heavy (non-hydrogen) atoms. The third kappa shape index (κ3) is 6.28. The lowest BCUT2D eigenvalue weighted by Crippen LogP contribution is -2.62. The van der Waals surface area contributed by atoms with Gasteiger partial charge in [-0.3, -0.25) is 0 Å². The lowest BCUT2D eigenvalue weighted by Gasteiger charge is -2.45. The van der Waals surface area contributed by atoms with Crippen molar-refractivity contribution >= 4 is 57.2 Å². The van der Waals surface area contributed by atoms with Crippen LogP contribution in [0.15, 0.2) is 249 Å². The van der Waals surface area contributed by atoms with Crippen LogP contribution in [0, 0.1) is 0 Å². The molecule has 3 heteroatoms. The predicted octanol–water partition coefficient (Wildman–Crippen LogP) is 14.1. The molecule has 0 N–H and O–H groups in total. The van der Waals surface area contributed by atoms with Gasteiger partial charge in [0.2, 0.25) is 0 Å². The van der Waals surface area contributed by atoms with E-state index in [1.807, 2.05) is 0 Å². The first kappa shape index (κ1) is 36.7. The van der Waals surface area contributed by atoms with Gasteiger partial charge in [-0.2, -0.15) is 0 Å². The highest BCUT2D eigenvalue weighted by molar-refractivity contribution is 7.01. The lowest BCUT2D eigenvalue weighted by atomic mass is 9.32. The molecular formula is C60H41BN2. The first-order valence-electron chi connectivity index (χ1n) is 21.8. The summed E-state index contributed by atoms with van der Waals surface area (Å²) < 4.78 is 0. The van der Waals surface area contributed by atoms with Crippen LogP contribution < -0.4 is 26.2 Å². The van der Waals surface area contributed by atoms with Crippen LogP contribution in [0.2, 0.25) is 0 Å². The van der Waals surface area contributed by atoms with Crippen molar-refractivity contribution in [2.75, 3.05) is 9.80 Å². The first-order chi connectivity index (χ1) is 31.3. The molecule has 2 aliphatic heterocycles. The van der Waals surface area contributed by atoms with Gasteiger partial charge in [0, 0.05) is 34.0 Å². The fraction of sp³-hybridized carbons (Fsp3) is 0. The molecule has 10 aromatic carbocycles. The summed E-state index contributed by atoms with van der Waals surface area (Å²) in [6.45, 7) is -0.0639. The Kier molecular flexibility index (Phi) is 8.97. The van der Waals surface area contributed by atoms with Crippen LogP contribution in [0.3, 0.4) is 0 Å². The summed E-state index contributed by atoms with van der Waals surface area (Å²) in [6, 6.07) is 91.2. The third-order valence-corrected chi connectivity index (χ3v) is 12.9. The Labute approximate surface area is 369 Å². The summed E-state index contributed by atoms with van der Waals surface area (Å²) in [4.78, 5) is 5.10. The van der Waals surface area contributed by atoms with Gasteiger partial charge in [-0.05, 0) is 109 Å². The van der Waals surface area contributed by atoms with Crippen LogP contribution in [0.4, 0.5) is 34.1 Å². The van der Waals surface area contributed by atoms with E-state index in [1.165, 1.54) is 94.8 Å². The number of nitrogens with zero attached hydrogens (tertiary/aromatic N) is 2. The highest BCUT2D eigenvalue weighted by Gasteiger charge is 2.45. The topological polar surface area (TPSA) is 6.48 Å². The summed E-state index contributed by atoms with van der Waals surface area (Å²) in [5.74, 6) is 0. The zero-order chi connectivity index (χ0) is 41.7.